The number of nitrogens with two attached hydrogens (primary N) is 1. The first-order valence-corrected chi connectivity index (χ1v) is 3.43. The summed E-state index contributed by atoms with van der Waals surface area (Å²) in [5, 5.41) is 9.33. The Kier molecular flexibility index (Phi) is 1.25. The van der Waals surface area contributed by atoms with Crippen molar-refractivity contribution in [3.63, 3.8) is 0 Å². The van der Waals surface area contributed by atoms with E-state index in [2.05, 4.69) is 0 Å². The number of fused-ring (bicyclic) bond motifs is 1. The smallest absolute Gasteiger partial charge is 0.178 e. The van der Waals surface area contributed by atoms with Gasteiger partial charge in [0, 0.05) is 0 Å². The van der Waals surface area contributed by atoms with Crippen LogP contribution in [0.15, 0.2) is 0 Å². The Bertz CT molecular complexity index is 152. The summed E-state index contributed by atoms with van der Waals surface area (Å²) in [5.74, 6) is 0. The summed E-state index contributed by atoms with van der Waals surface area (Å²) in [4.78, 5) is 0. The summed E-state index contributed by atoms with van der Waals surface area (Å²) in [5.41, 5.74) is 5.18. The van der Waals surface area contributed by atoms with Crippen molar-refractivity contribution < 1.29 is 14.6 Å². The van der Waals surface area contributed by atoms with Crippen molar-refractivity contribution in [2.45, 2.75) is 24.4 Å². The zero-order chi connectivity index (χ0) is 7.19. The van der Waals surface area contributed by atoms with Crippen LogP contribution in [-0.4, -0.2) is 36.3 Å². The zero-order valence-electron chi connectivity index (χ0n) is 5.62. The highest BCUT2D eigenvalue weighted by Crippen LogP contribution is 2.33. The first-order valence-electron chi connectivity index (χ1n) is 3.43. The maximum Gasteiger partial charge on any atom is 0.178 e. The molecular formula is C6H11NO3. The van der Waals surface area contributed by atoms with Gasteiger partial charge in [0.2, 0.25) is 0 Å². The van der Waals surface area contributed by atoms with Gasteiger partial charge in [-0.05, 0) is 6.42 Å². The van der Waals surface area contributed by atoms with Crippen molar-refractivity contribution in [3.05, 3.63) is 0 Å². The molecule has 58 valence electrons. The van der Waals surface area contributed by atoms with Crippen LogP contribution in [0.3, 0.4) is 0 Å². The van der Waals surface area contributed by atoms with Crippen molar-refractivity contribution in [2.24, 2.45) is 5.73 Å². The second-order valence-electron chi connectivity index (χ2n) is 2.91. The highest BCUT2D eigenvalue weighted by molar-refractivity contribution is 5.02. The van der Waals surface area contributed by atoms with Crippen LogP contribution in [0.25, 0.3) is 0 Å². The van der Waals surface area contributed by atoms with E-state index in [1.165, 1.54) is 0 Å². The average molecular weight is 145 g/mol. The Labute approximate surface area is 58.9 Å². The highest BCUT2D eigenvalue weighted by atomic mass is 16.7. The third-order valence-corrected chi connectivity index (χ3v) is 2.27. The fraction of sp³-hybridized carbons (Fsp3) is 1.00. The van der Waals surface area contributed by atoms with Crippen LogP contribution in [0.5, 0.6) is 0 Å². The standard InChI is InChI=1S/C6H11NO3/c7-6-1-2-9-5(6)10-3-4(6)8/h4-5,8H,1-3,7H2/t4-,5+,6+/m0/s1. The second-order valence-corrected chi connectivity index (χ2v) is 2.91. The highest BCUT2D eigenvalue weighted by Gasteiger charge is 2.52. The summed E-state index contributed by atoms with van der Waals surface area (Å²) in [6.07, 6.45) is -0.235. The number of ether oxygens (including phenoxy) is 2. The maximum absolute atomic E-state index is 9.33. The van der Waals surface area contributed by atoms with E-state index < -0.39 is 11.6 Å². The van der Waals surface area contributed by atoms with E-state index in [1.807, 2.05) is 0 Å². The largest absolute Gasteiger partial charge is 0.389 e. The minimum atomic E-state index is -0.625. The lowest BCUT2D eigenvalue weighted by atomic mass is 9.94. The molecule has 10 heavy (non-hydrogen) atoms. The van der Waals surface area contributed by atoms with Crippen LogP contribution in [0.1, 0.15) is 6.42 Å². The van der Waals surface area contributed by atoms with Crippen molar-refractivity contribution in [1.29, 1.82) is 0 Å². The van der Waals surface area contributed by atoms with Gasteiger partial charge in [0.15, 0.2) is 6.29 Å². The van der Waals surface area contributed by atoms with Gasteiger partial charge in [-0.25, -0.2) is 0 Å². The summed E-state index contributed by atoms with van der Waals surface area (Å²) < 4.78 is 10.2. The molecule has 2 saturated heterocycles. The lowest BCUT2D eigenvalue weighted by Gasteiger charge is -2.22. The number of aliphatic hydroxyl groups excluding tert-OH is 1. The average Bonchev–Trinajstić information content (AvgIpc) is 2.36. The monoisotopic (exact) mass is 145 g/mol. The maximum atomic E-state index is 9.33. The molecule has 0 saturated carbocycles. The molecule has 3 atom stereocenters. The molecule has 0 aliphatic carbocycles. The predicted molar refractivity (Wildman–Crippen MR) is 33.2 cm³/mol. The Morgan fingerprint density at radius 3 is 3.00 bits per heavy atom. The Morgan fingerprint density at radius 2 is 2.30 bits per heavy atom. The molecule has 0 aromatic heterocycles. The van der Waals surface area contributed by atoms with Crippen LogP contribution in [0.2, 0.25) is 0 Å². The molecule has 2 aliphatic rings. The summed E-state index contributed by atoms with van der Waals surface area (Å²) in [6.45, 7) is 0.902. The van der Waals surface area contributed by atoms with Gasteiger partial charge in [-0.15, -0.1) is 0 Å². The van der Waals surface area contributed by atoms with E-state index >= 15 is 0 Å². The summed E-state index contributed by atoms with van der Waals surface area (Å²) >= 11 is 0. The topological polar surface area (TPSA) is 64.7 Å². The molecule has 0 aromatic carbocycles. The van der Waals surface area contributed by atoms with Crippen molar-refractivity contribution in [1.82, 2.24) is 0 Å². The van der Waals surface area contributed by atoms with Crippen molar-refractivity contribution >= 4 is 0 Å². The van der Waals surface area contributed by atoms with E-state index in [1.54, 1.807) is 0 Å². The van der Waals surface area contributed by atoms with Crippen LogP contribution >= 0.6 is 0 Å². The number of aliphatic hydroxyl groups is 1. The fourth-order valence-electron chi connectivity index (χ4n) is 1.48. The van der Waals surface area contributed by atoms with Gasteiger partial charge in [0.05, 0.1) is 18.8 Å². The van der Waals surface area contributed by atoms with Gasteiger partial charge in [0.25, 0.3) is 0 Å². The number of hydrogen-bond donors (Lipinski definition) is 2. The van der Waals surface area contributed by atoms with Crippen LogP contribution in [0, 0.1) is 0 Å². The molecule has 4 heteroatoms. The van der Waals surface area contributed by atoms with Gasteiger partial charge >= 0.3 is 0 Å². The minimum absolute atomic E-state index is 0.307. The van der Waals surface area contributed by atoms with Crippen LogP contribution < -0.4 is 5.73 Å². The molecule has 0 bridgehead atoms. The van der Waals surface area contributed by atoms with E-state index in [0.29, 0.717) is 19.6 Å². The molecule has 2 rings (SSSR count). The van der Waals surface area contributed by atoms with Gasteiger partial charge in [-0.3, -0.25) is 0 Å². The molecule has 0 amide bonds. The Balaban J connectivity index is 2.21. The summed E-state index contributed by atoms with van der Waals surface area (Å²) in [7, 11) is 0. The molecule has 0 unspecified atom stereocenters. The molecule has 0 radical (unpaired) electrons. The molecule has 0 aromatic rings. The van der Waals surface area contributed by atoms with E-state index in [4.69, 9.17) is 15.2 Å². The van der Waals surface area contributed by atoms with Gasteiger partial charge in [-0.2, -0.15) is 0 Å². The first-order chi connectivity index (χ1) is 4.73. The summed E-state index contributed by atoms with van der Waals surface area (Å²) in [6, 6.07) is 0. The van der Waals surface area contributed by atoms with Gasteiger partial charge in [-0.1, -0.05) is 0 Å². The van der Waals surface area contributed by atoms with E-state index in [9.17, 15) is 5.11 Å². The molecule has 2 fully saturated rings. The quantitative estimate of drug-likeness (QED) is 0.450. The molecule has 3 N–H and O–H groups in total. The molecule has 4 nitrogen and oxygen atoms in total. The molecule has 0 spiro atoms. The van der Waals surface area contributed by atoms with Crippen LogP contribution in [-0.2, 0) is 9.47 Å². The SMILES string of the molecule is N[C@@]12CCO[C@@H]1OC[C@@H]2O. The third kappa shape index (κ3) is 0.645. The third-order valence-electron chi connectivity index (χ3n) is 2.27. The second kappa shape index (κ2) is 1.92. The molecule has 2 heterocycles. The normalized spacial score (nSPS) is 53.4. The molecular weight excluding hydrogens is 134 g/mol. The van der Waals surface area contributed by atoms with Crippen molar-refractivity contribution in [3.8, 4) is 0 Å². The zero-order valence-corrected chi connectivity index (χ0v) is 5.62. The van der Waals surface area contributed by atoms with E-state index in [-0.39, 0.29) is 6.29 Å². The first kappa shape index (κ1) is 6.54. The number of rotatable bonds is 0. The van der Waals surface area contributed by atoms with E-state index in [0.717, 1.165) is 0 Å². The number of hydrogen-bond acceptors (Lipinski definition) is 4. The van der Waals surface area contributed by atoms with Crippen LogP contribution in [0.4, 0.5) is 0 Å². The van der Waals surface area contributed by atoms with Gasteiger partial charge in [0.1, 0.15) is 6.10 Å². The lowest BCUT2D eigenvalue weighted by Crippen LogP contribution is -2.52. The Hall–Kier alpha value is -0.160. The van der Waals surface area contributed by atoms with Crippen molar-refractivity contribution in [2.75, 3.05) is 13.2 Å². The fourth-order valence-corrected chi connectivity index (χ4v) is 1.48. The Morgan fingerprint density at radius 1 is 1.50 bits per heavy atom. The van der Waals surface area contributed by atoms with Gasteiger partial charge < -0.3 is 20.3 Å². The predicted octanol–water partition coefficient (Wildman–Crippen LogP) is -1.18. The lowest BCUT2D eigenvalue weighted by molar-refractivity contribution is -0.0949. The minimum Gasteiger partial charge on any atom is -0.389 e. The molecule has 2 aliphatic heterocycles.